The number of hydrogen-bond acceptors (Lipinski definition) is 2. The van der Waals surface area contributed by atoms with Gasteiger partial charge in [0.25, 0.3) is 0 Å². The van der Waals surface area contributed by atoms with Gasteiger partial charge >= 0.3 is 0 Å². The summed E-state index contributed by atoms with van der Waals surface area (Å²) in [5, 5.41) is 1.03. The molecular weight excluding hydrogens is 254 g/mol. The number of anilines is 1. The highest BCUT2D eigenvalue weighted by Gasteiger charge is 2.09. The van der Waals surface area contributed by atoms with Gasteiger partial charge in [0.15, 0.2) is 0 Å². The fourth-order valence-electron chi connectivity index (χ4n) is 2.28. The maximum atomic E-state index is 6.07. The Bertz CT molecular complexity index is 774. The van der Waals surface area contributed by atoms with Crippen LogP contribution < -0.4 is 11.5 Å². The van der Waals surface area contributed by atoms with E-state index in [4.69, 9.17) is 23.7 Å². The summed E-state index contributed by atoms with van der Waals surface area (Å²) in [5.74, 6) is 0. The van der Waals surface area contributed by atoms with Crippen molar-refractivity contribution in [1.29, 1.82) is 0 Å². The Morgan fingerprint density at radius 1 is 1.11 bits per heavy atom. The Labute approximate surface area is 116 Å². The van der Waals surface area contributed by atoms with Gasteiger partial charge in [0.05, 0.1) is 0 Å². The van der Waals surface area contributed by atoms with Crippen LogP contribution in [0.25, 0.3) is 22.0 Å². The molecule has 0 unspecified atom stereocenters. The van der Waals surface area contributed by atoms with Gasteiger partial charge in [-0.1, -0.05) is 36.5 Å². The molecule has 1 heterocycles. The van der Waals surface area contributed by atoms with Crippen LogP contribution in [0.1, 0.15) is 5.56 Å². The van der Waals surface area contributed by atoms with Crippen LogP contribution in [0.3, 0.4) is 0 Å². The standard InChI is InChI=1S/C15H13N3S/c16-12-5-2-6-13-14(12)11(8-18-13)9-3-1-4-10(7-9)15(17)19/h1-8,18H,16H2,(H2,17,19). The van der Waals surface area contributed by atoms with Gasteiger partial charge in [-0.3, -0.25) is 0 Å². The number of nitrogen functional groups attached to an aromatic ring is 1. The van der Waals surface area contributed by atoms with Crippen LogP contribution in [0.4, 0.5) is 5.69 Å². The third-order valence-corrected chi connectivity index (χ3v) is 3.43. The second-order valence-electron chi connectivity index (χ2n) is 4.42. The normalized spacial score (nSPS) is 10.7. The van der Waals surface area contributed by atoms with Gasteiger partial charge in [0.2, 0.25) is 0 Å². The van der Waals surface area contributed by atoms with Crippen LogP contribution in [0.5, 0.6) is 0 Å². The lowest BCUT2D eigenvalue weighted by molar-refractivity contribution is 1.47. The summed E-state index contributed by atoms with van der Waals surface area (Å²) in [6.07, 6.45) is 1.96. The summed E-state index contributed by atoms with van der Waals surface area (Å²) < 4.78 is 0. The number of thiocarbonyl (C=S) groups is 1. The number of nitrogens with one attached hydrogen (secondary N) is 1. The molecule has 4 heteroatoms. The van der Waals surface area contributed by atoms with Gasteiger partial charge in [0, 0.05) is 33.9 Å². The van der Waals surface area contributed by atoms with Crippen molar-refractivity contribution in [1.82, 2.24) is 4.98 Å². The molecule has 19 heavy (non-hydrogen) atoms. The molecule has 0 saturated heterocycles. The van der Waals surface area contributed by atoms with E-state index in [0.29, 0.717) is 4.99 Å². The molecule has 0 saturated carbocycles. The molecular formula is C15H13N3S. The summed E-state index contributed by atoms with van der Waals surface area (Å²) in [5.41, 5.74) is 16.5. The first-order valence-corrected chi connectivity index (χ1v) is 6.33. The van der Waals surface area contributed by atoms with Crippen molar-refractivity contribution in [2.24, 2.45) is 5.73 Å². The molecule has 0 radical (unpaired) electrons. The van der Waals surface area contributed by atoms with Crippen molar-refractivity contribution in [2.45, 2.75) is 0 Å². The Morgan fingerprint density at radius 2 is 1.89 bits per heavy atom. The topological polar surface area (TPSA) is 67.8 Å². The highest BCUT2D eigenvalue weighted by atomic mass is 32.1. The molecule has 0 bridgehead atoms. The van der Waals surface area contributed by atoms with E-state index in [2.05, 4.69) is 4.98 Å². The van der Waals surface area contributed by atoms with E-state index >= 15 is 0 Å². The number of H-pyrrole nitrogens is 1. The van der Waals surface area contributed by atoms with Crippen molar-refractivity contribution >= 4 is 33.8 Å². The number of hydrogen-bond donors (Lipinski definition) is 3. The first-order valence-electron chi connectivity index (χ1n) is 5.92. The minimum absolute atomic E-state index is 0.398. The molecule has 3 nitrogen and oxygen atoms in total. The molecule has 0 fully saturated rings. The van der Waals surface area contributed by atoms with E-state index in [-0.39, 0.29) is 0 Å². The molecule has 0 aliphatic carbocycles. The number of aromatic nitrogens is 1. The van der Waals surface area contributed by atoms with Crippen LogP contribution in [-0.4, -0.2) is 9.97 Å². The third-order valence-electron chi connectivity index (χ3n) is 3.20. The first-order chi connectivity index (χ1) is 9.16. The number of aromatic amines is 1. The molecule has 0 aliphatic rings. The van der Waals surface area contributed by atoms with Gasteiger partial charge in [-0.05, 0) is 23.8 Å². The Morgan fingerprint density at radius 3 is 2.68 bits per heavy atom. The van der Waals surface area contributed by atoms with E-state index in [1.54, 1.807) is 0 Å². The van der Waals surface area contributed by atoms with E-state index in [0.717, 1.165) is 33.3 Å². The summed E-state index contributed by atoms with van der Waals surface area (Å²) in [6, 6.07) is 13.7. The van der Waals surface area contributed by atoms with Gasteiger partial charge in [-0.2, -0.15) is 0 Å². The minimum atomic E-state index is 0.398. The predicted molar refractivity (Wildman–Crippen MR) is 84.0 cm³/mol. The Kier molecular flexibility index (Phi) is 2.72. The fourth-order valence-corrected chi connectivity index (χ4v) is 2.41. The van der Waals surface area contributed by atoms with Gasteiger partial charge in [-0.25, -0.2) is 0 Å². The second-order valence-corrected chi connectivity index (χ2v) is 4.86. The van der Waals surface area contributed by atoms with Crippen LogP contribution in [0.15, 0.2) is 48.7 Å². The molecule has 94 valence electrons. The third kappa shape index (κ3) is 1.96. The smallest absolute Gasteiger partial charge is 0.104 e. The molecule has 0 atom stereocenters. The minimum Gasteiger partial charge on any atom is -0.398 e. The highest BCUT2D eigenvalue weighted by Crippen LogP contribution is 2.32. The average Bonchev–Trinajstić information content (AvgIpc) is 2.84. The van der Waals surface area contributed by atoms with E-state index in [1.165, 1.54) is 0 Å². The molecule has 3 aromatic rings. The first kappa shape index (κ1) is 11.7. The Balaban J connectivity index is 2.25. The molecule has 3 rings (SSSR count). The quantitative estimate of drug-likeness (QED) is 0.494. The summed E-state index contributed by atoms with van der Waals surface area (Å²) in [7, 11) is 0. The monoisotopic (exact) mass is 267 g/mol. The number of rotatable bonds is 2. The number of benzene rings is 2. The van der Waals surface area contributed by atoms with Crippen molar-refractivity contribution in [3.63, 3.8) is 0 Å². The van der Waals surface area contributed by atoms with Crippen LogP contribution in [0, 0.1) is 0 Å². The number of nitrogens with two attached hydrogens (primary N) is 2. The summed E-state index contributed by atoms with van der Waals surface area (Å²) >= 11 is 5.02. The second kappa shape index (κ2) is 4.40. The fraction of sp³-hybridized carbons (Fsp3) is 0. The molecule has 0 amide bonds. The van der Waals surface area contributed by atoms with E-state index in [9.17, 15) is 0 Å². The SMILES string of the molecule is NC(=S)c1cccc(-c2c[nH]c3cccc(N)c23)c1. The molecule has 2 aromatic carbocycles. The zero-order valence-corrected chi connectivity index (χ0v) is 11.0. The molecule has 0 spiro atoms. The van der Waals surface area contributed by atoms with Crippen LogP contribution >= 0.6 is 12.2 Å². The largest absolute Gasteiger partial charge is 0.398 e. The van der Waals surface area contributed by atoms with E-state index in [1.807, 2.05) is 48.7 Å². The van der Waals surface area contributed by atoms with Gasteiger partial charge in [0.1, 0.15) is 4.99 Å². The highest BCUT2D eigenvalue weighted by molar-refractivity contribution is 7.80. The van der Waals surface area contributed by atoms with Crippen molar-refractivity contribution in [3.05, 3.63) is 54.2 Å². The zero-order valence-electron chi connectivity index (χ0n) is 10.2. The maximum Gasteiger partial charge on any atom is 0.104 e. The lowest BCUT2D eigenvalue weighted by atomic mass is 10.0. The van der Waals surface area contributed by atoms with Crippen molar-refractivity contribution in [2.75, 3.05) is 5.73 Å². The lowest BCUT2D eigenvalue weighted by Crippen LogP contribution is -2.08. The van der Waals surface area contributed by atoms with Crippen molar-refractivity contribution < 1.29 is 0 Å². The average molecular weight is 267 g/mol. The van der Waals surface area contributed by atoms with Crippen LogP contribution in [0.2, 0.25) is 0 Å². The summed E-state index contributed by atoms with van der Waals surface area (Å²) in [4.78, 5) is 3.63. The van der Waals surface area contributed by atoms with Gasteiger partial charge in [-0.15, -0.1) is 0 Å². The predicted octanol–water partition coefficient (Wildman–Crippen LogP) is 3.05. The molecule has 1 aromatic heterocycles. The zero-order chi connectivity index (χ0) is 13.4. The maximum absolute atomic E-state index is 6.07. The van der Waals surface area contributed by atoms with Gasteiger partial charge < -0.3 is 16.5 Å². The van der Waals surface area contributed by atoms with Crippen molar-refractivity contribution in [3.8, 4) is 11.1 Å². The summed E-state index contributed by atoms with van der Waals surface area (Å²) in [6.45, 7) is 0. The lowest BCUT2D eigenvalue weighted by Gasteiger charge is -2.04. The number of fused-ring (bicyclic) bond motifs is 1. The molecule has 0 aliphatic heterocycles. The Hall–Kier alpha value is -2.33. The molecule has 5 N–H and O–H groups in total. The van der Waals surface area contributed by atoms with Crippen LogP contribution in [-0.2, 0) is 0 Å². The van der Waals surface area contributed by atoms with E-state index < -0.39 is 0 Å².